The Labute approximate surface area is 170 Å². The summed E-state index contributed by atoms with van der Waals surface area (Å²) in [6.45, 7) is 4.62. The van der Waals surface area contributed by atoms with E-state index in [0.29, 0.717) is 5.75 Å². The molecule has 0 radical (unpaired) electrons. The van der Waals surface area contributed by atoms with E-state index in [1.165, 1.54) is 11.1 Å². The first-order valence-corrected chi connectivity index (χ1v) is 10.8. The van der Waals surface area contributed by atoms with Crippen LogP contribution < -0.4 is 0 Å². The van der Waals surface area contributed by atoms with Gasteiger partial charge in [-0.2, -0.15) is 0 Å². The van der Waals surface area contributed by atoms with Crippen LogP contribution in [0.15, 0.2) is 66.0 Å². The van der Waals surface area contributed by atoms with Gasteiger partial charge in [-0.25, -0.2) is 4.98 Å². The van der Waals surface area contributed by atoms with E-state index in [1.54, 1.807) is 11.8 Å². The molecule has 28 heavy (non-hydrogen) atoms. The van der Waals surface area contributed by atoms with Crippen LogP contribution in [0.4, 0.5) is 0 Å². The van der Waals surface area contributed by atoms with Crippen LogP contribution in [0.3, 0.4) is 0 Å². The van der Waals surface area contributed by atoms with Crippen LogP contribution in [0.1, 0.15) is 24.0 Å². The molecule has 0 aliphatic carbocycles. The predicted molar refractivity (Wildman–Crippen MR) is 114 cm³/mol. The molecular weight excluding hydrogens is 366 g/mol. The van der Waals surface area contributed by atoms with Gasteiger partial charge in [-0.1, -0.05) is 71.9 Å². The number of aryl methyl sites for hydroxylation is 1. The van der Waals surface area contributed by atoms with E-state index < -0.39 is 0 Å². The van der Waals surface area contributed by atoms with Gasteiger partial charge in [0, 0.05) is 13.1 Å². The lowest BCUT2D eigenvalue weighted by molar-refractivity contribution is -0.127. The summed E-state index contributed by atoms with van der Waals surface area (Å²) < 4.78 is 2.22. The zero-order valence-corrected chi connectivity index (χ0v) is 17.0. The fourth-order valence-electron chi connectivity index (χ4n) is 3.53. The Morgan fingerprint density at radius 2 is 1.75 bits per heavy atom. The molecule has 0 saturated carbocycles. The molecule has 4 nitrogen and oxygen atoms in total. The average Bonchev–Trinajstić information content (AvgIpc) is 3.38. The van der Waals surface area contributed by atoms with Crippen LogP contribution in [0.25, 0.3) is 11.3 Å². The van der Waals surface area contributed by atoms with Gasteiger partial charge in [-0.05, 0) is 30.9 Å². The van der Waals surface area contributed by atoms with Crippen LogP contribution in [0.2, 0.25) is 0 Å². The Balaban J connectivity index is 1.59. The number of amides is 1. The normalized spacial score (nSPS) is 13.8. The van der Waals surface area contributed by atoms with Gasteiger partial charge in [0.05, 0.1) is 24.2 Å². The molecule has 1 fully saturated rings. The minimum Gasteiger partial charge on any atom is -0.342 e. The second kappa shape index (κ2) is 8.65. The van der Waals surface area contributed by atoms with Gasteiger partial charge < -0.3 is 9.47 Å². The zero-order valence-electron chi connectivity index (χ0n) is 16.2. The predicted octanol–water partition coefficient (Wildman–Crippen LogP) is 4.62. The summed E-state index contributed by atoms with van der Waals surface area (Å²) in [4.78, 5) is 19.1. The van der Waals surface area contributed by atoms with Crippen molar-refractivity contribution in [3.63, 3.8) is 0 Å². The standard InChI is InChI=1S/C23H25N3OS/c1-18-9-11-20(12-10-18)21-15-24-23(26(21)16-19-7-3-2-4-8-19)28-17-22(27)25-13-5-6-14-25/h2-4,7-12,15H,5-6,13-14,16-17H2,1H3. The van der Waals surface area contributed by atoms with Crippen molar-refractivity contribution in [1.29, 1.82) is 0 Å². The van der Waals surface area contributed by atoms with Crippen LogP contribution in [-0.2, 0) is 11.3 Å². The number of likely N-dealkylation sites (tertiary alicyclic amines) is 1. The summed E-state index contributed by atoms with van der Waals surface area (Å²) in [7, 11) is 0. The zero-order chi connectivity index (χ0) is 19.3. The maximum atomic E-state index is 12.5. The molecule has 2 aromatic carbocycles. The lowest BCUT2D eigenvalue weighted by Crippen LogP contribution is -2.29. The molecule has 0 spiro atoms. The lowest BCUT2D eigenvalue weighted by Gasteiger charge is -2.16. The van der Waals surface area contributed by atoms with E-state index in [4.69, 9.17) is 0 Å². The molecule has 0 N–H and O–H groups in total. The minimum absolute atomic E-state index is 0.216. The Kier molecular flexibility index (Phi) is 5.81. The van der Waals surface area contributed by atoms with E-state index in [9.17, 15) is 4.79 Å². The highest BCUT2D eigenvalue weighted by molar-refractivity contribution is 7.99. The lowest BCUT2D eigenvalue weighted by atomic mass is 10.1. The van der Waals surface area contributed by atoms with Crippen molar-refractivity contribution in [2.24, 2.45) is 0 Å². The van der Waals surface area contributed by atoms with Gasteiger partial charge in [0.2, 0.25) is 5.91 Å². The van der Waals surface area contributed by atoms with E-state index in [1.807, 2.05) is 17.2 Å². The van der Waals surface area contributed by atoms with Crippen molar-refractivity contribution >= 4 is 17.7 Å². The van der Waals surface area contributed by atoms with E-state index in [2.05, 4.69) is 65.0 Å². The number of hydrogen-bond donors (Lipinski definition) is 0. The van der Waals surface area contributed by atoms with Crippen LogP contribution in [0, 0.1) is 6.92 Å². The molecule has 0 atom stereocenters. The molecule has 1 aromatic heterocycles. The topological polar surface area (TPSA) is 38.1 Å². The molecule has 1 aliphatic heterocycles. The second-order valence-corrected chi connectivity index (χ2v) is 8.18. The van der Waals surface area contributed by atoms with E-state index in [0.717, 1.165) is 48.9 Å². The van der Waals surface area contributed by atoms with Crippen LogP contribution in [0.5, 0.6) is 0 Å². The third kappa shape index (κ3) is 4.30. The molecule has 1 saturated heterocycles. The van der Waals surface area contributed by atoms with Crippen molar-refractivity contribution in [1.82, 2.24) is 14.5 Å². The summed E-state index contributed by atoms with van der Waals surface area (Å²) >= 11 is 1.54. The molecule has 1 amide bonds. The van der Waals surface area contributed by atoms with Crippen LogP contribution >= 0.6 is 11.8 Å². The summed E-state index contributed by atoms with van der Waals surface area (Å²) in [6, 6.07) is 18.9. The average molecular weight is 392 g/mol. The van der Waals surface area contributed by atoms with Gasteiger partial charge in [-0.3, -0.25) is 4.79 Å². The number of thioether (sulfide) groups is 1. The molecule has 5 heteroatoms. The summed E-state index contributed by atoms with van der Waals surface area (Å²) in [5.41, 5.74) is 4.69. The Morgan fingerprint density at radius 1 is 1.04 bits per heavy atom. The quantitative estimate of drug-likeness (QED) is 0.576. The van der Waals surface area contributed by atoms with Gasteiger partial charge in [0.25, 0.3) is 0 Å². The number of rotatable bonds is 6. The first-order valence-electron chi connectivity index (χ1n) is 9.78. The molecule has 144 valence electrons. The fourth-order valence-corrected chi connectivity index (χ4v) is 4.41. The second-order valence-electron chi connectivity index (χ2n) is 7.24. The van der Waals surface area contributed by atoms with Gasteiger partial charge in [0.15, 0.2) is 5.16 Å². The molecule has 0 bridgehead atoms. The molecule has 0 unspecified atom stereocenters. The van der Waals surface area contributed by atoms with Gasteiger partial charge in [0.1, 0.15) is 0 Å². The number of aromatic nitrogens is 2. The number of carbonyl (C=O) groups excluding carboxylic acids is 1. The molecule has 1 aliphatic rings. The molecular formula is C23H25N3OS. The van der Waals surface area contributed by atoms with Gasteiger partial charge >= 0.3 is 0 Å². The monoisotopic (exact) mass is 391 g/mol. The Hall–Kier alpha value is -2.53. The number of imidazole rings is 1. The third-order valence-corrected chi connectivity index (χ3v) is 6.11. The highest BCUT2D eigenvalue weighted by Crippen LogP contribution is 2.28. The fraction of sp³-hybridized carbons (Fsp3) is 0.304. The summed E-state index contributed by atoms with van der Waals surface area (Å²) in [5, 5.41) is 0.895. The molecule has 2 heterocycles. The van der Waals surface area contributed by atoms with Crippen molar-refractivity contribution in [2.75, 3.05) is 18.8 Å². The largest absolute Gasteiger partial charge is 0.342 e. The van der Waals surface area contributed by atoms with Gasteiger partial charge in [-0.15, -0.1) is 0 Å². The first-order chi connectivity index (χ1) is 13.7. The van der Waals surface area contributed by atoms with Crippen molar-refractivity contribution in [3.05, 3.63) is 71.9 Å². The third-order valence-electron chi connectivity index (χ3n) is 5.13. The Bertz CT molecular complexity index is 928. The number of carbonyl (C=O) groups is 1. The highest BCUT2D eigenvalue weighted by Gasteiger charge is 2.20. The molecule has 3 aromatic rings. The Morgan fingerprint density at radius 3 is 2.46 bits per heavy atom. The smallest absolute Gasteiger partial charge is 0.233 e. The maximum Gasteiger partial charge on any atom is 0.233 e. The highest BCUT2D eigenvalue weighted by atomic mass is 32.2. The first kappa shape index (κ1) is 18.8. The minimum atomic E-state index is 0.216. The number of hydrogen-bond acceptors (Lipinski definition) is 3. The van der Waals surface area contributed by atoms with Crippen molar-refractivity contribution in [3.8, 4) is 11.3 Å². The van der Waals surface area contributed by atoms with Crippen molar-refractivity contribution < 1.29 is 4.79 Å². The summed E-state index contributed by atoms with van der Waals surface area (Å²) in [6.07, 6.45) is 4.17. The SMILES string of the molecule is Cc1ccc(-c2cnc(SCC(=O)N3CCCC3)n2Cc2ccccc2)cc1. The maximum absolute atomic E-state index is 12.5. The van der Waals surface area contributed by atoms with E-state index >= 15 is 0 Å². The number of nitrogens with zero attached hydrogens (tertiary/aromatic N) is 3. The van der Waals surface area contributed by atoms with Crippen LogP contribution in [-0.4, -0.2) is 39.2 Å². The van der Waals surface area contributed by atoms with Crippen molar-refractivity contribution in [2.45, 2.75) is 31.5 Å². The van der Waals surface area contributed by atoms with E-state index in [-0.39, 0.29) is 5.91 Å². The summed E-state index contributed by atoms with van der Waals surface area (Å²) in [5.74, 6) is 0.660. The molecule has 4 rings (SSSR count). The number of benzene rings is 2.